The summed E-state index contributed by atoms with van der Waals surface area (Å²) in [6.45, 7) is 3.72. The van der Waals surface area contributed by atoms with Crippen molar-refractivity contribution < 1.29 is 0 Å². The van der Waals surface area contributed by atoms with Crippen LogP contribution in [0.3, 0.4) is 0 Å². The summed E-state index contributed by atoms with van der Waals surface area (Å²) in [6.07, 6.45) is 3.45. The Hall–Kier alpha value is -1.86. The number of hydrogen-bond acceptors (Lipinski definition) is 1. The lowest BCUT2D eigenvalue weighted by Crippen LogP contribution is -2.41. The molecule has 23 heavy (non-hydrogen) atoms. The minimum Gasteiger partial charge on any atom is -0.369 e. The number of nitrogens with one attached hydrogen (secondary N) is 1. The van der Waals surface area contributed by atoms with Crippen molar-refractivity contribution in [2.75, 3.05) is 18.4 Å². The molecule has 0 bridgehead atoms. The number of guanidine groups is 2. The van der Waals surface area contributed by atoms with Gasteiger partial charge in [-0.05, 0) is 62.2 Å². The first-order chi connectivity index (χ1) is 11.0. The summed E-state index contributed by atoms with van der Waals surface area (Å²) in [7, 11) is 0. The first-order valence-electron chi connectivity index (χ1n) is 7.46. The van der Waals surface area contributed by atoms with Gasteiger partial charge < -0.3 is 21.7 Å². The molecule has 1 aliphatic heterocycles. The molecule has 124 valence electrons. The number of benzene rings is 1. The van der Waals surface area contributed by atoms with Crippen molar-refractivity contribution >= 4 is 46.5 Å². The first kappa shape index (κ1) is 17.5. The first-order valence-corrected chi connectivity index (χ1v) is 8.25. The number of thiocarbonyl (C=S) groups is 1. The SMILES string of the molecule is Cc1cc(Cl)ccc1NC(=S)/N=C(N)/N=C(\N)N1CCCCC1. The van der Waals surface area contributed by atoms with Crippen LogP contribution in [0.4, 0.5) is 5.69 Å². The van der Waals surface area contributed by atoms with E-state index in [0.717, 1.165) is 37.2 Å². The quantitative estimate of drug-likeness (QED) is 0.410. The monoisotopic (exact) mass is 352 g/mol. The van der Waals surface area contributed by atoms with Gasteiger partial charge in [0.25, 0.3) is 0 Å². The minimum atomic E-state index is 0.0391. The van der Waals surface area contributed by atoms with Gasteiger partial charge in [0.2, 0.25) is 11.1 Å². The normalized spacial score (nSPS) is 16.3. The fourth-order valence-electron chi connectivity index (χ4n) is 2.35. The van der Waals surface area contributed by atoms with Crippen molar-refractivity contribution in [2.24, 2.45) is 21.5 Å². The fraction of sp³-hybridized carbons (Fsp3) is 0.400. The summed E-state index contributed by atoms with van der Waals surface area (Å²) in [6, 6.07) is 5.45. The number of rotatable bonds is 1. The summed E-state index contributed by atoms with van der Waals surface area (Å²) < 4.78 is 0. The maximum Gasteiger partial charge on any atom is 0.225 e. The zero-order chi connectivity index (χ0) is 16.8. The van der Waals surface area contributed by atoms with Crippen LogP contribution >= 0.6 is 23.8 Å². The molecule has 1 heterocycles. The third-order valence-corrected chi connectivity index (χ3v) is 3.98. The highest BCUT2D eigenvalue weighted by Gasteiger charge is 2.12. The average Bonchev–Trinajstić information content (AvgIpc) is 2.50. The van der Waals surface area contributed by atoms with Gasteiger partial charge in [0.05, 0.1) is 0 Å². The second-order valence-electron chi connectivity index (χ2n) is 5.38. The number of nitrogens with zero attached hydrogens (tertiary/aromatic N) is 3. The van der Waals surface area contributed by atoms with Gasteiger partial charge in [-0.25, -0.2) is 0 Å². The molecule has 5 N–H and O–H groups in total. The zero-order valence-corrected chi connectivity index (χ0v) is 14.6. The Kier molecular flexibility index (Phi) is 6.18. The van der Waals surface area contributed by atoms with E-state index < -0.39 is 0 Å². The van der Waals surface area contributed by atoms with E-state index in [4.69, 9.17) is 35.3 Å². The molecule has 1 fully saturated rings. The molecular formula is C15H21ClN6S. The van der Waals surface area contributed by atoms with E-state index in [9.17, 15) is 0 Å². The molecule has 6 nitrogen and oxygen atoms in total. The van der Waals surface area contributed by atoms with Crippen molar-refractivity contribution in [1.82, 2.24) is 4.90 Å². The average molecular weight is 353 g/mol. The van der Waals surface area contributed by atoms with Gasteiger partial charge in [-0.1, -0.05) is 11.6 Å². The summed E-state index contributed by atoms with van der Waals surface area (Å²) in [4.78, 5) is 10.2. The standard InChI is InChI=1S/C15H21ClN6S/c1-10-9-11(16)5-6-12(10)19-15(23)21-13(17)20-14(18)22-7-3-2-4-8-22/h5-6,9H,2-4,7-8H2,1H3,(H5,17,18,19,20,21,23). The van der Waals surface area contributed by atoms with Crippen LogP contribution in [0, 0.1) is 6.92 Å². The van der Waals surface area contributed by atoms with E-state index >= 15 is 0 Å². The smallest absolute Gasteiger partial charge is 0.225 e. The van der Waals surface area contributed by atoms with Crippen molar-refractivity contribution in [3.8, 4) is 0 Å². The van der Waals surface area contributed by atoms with Crippen LogP contribution in [0.2, 0.25) is 5.02 Å². The summed E-state index contributed by atoms with van der Waals surface area (Å²) in [5.41, 5.74) is 13.5. The summed E-state index contributed by atoms with van der Waals surface area (Å²) >= 11 is 11.1. The molecule has 8 heteroatoms. The van der Waals surface area contributed by atoms with E-state index in [-0.39, 0.29) is 11.1 Å². The largest absolute Gasteiger partial charge is 0.369 e. The number of hydrogen-bond donors (Lipinski definition) is 3. The van der Waals surface area contributed by atoms with E-state index in [0.29, 0.717) is 11.0 Å². The predicted octanol–water partition coefficient (Wildman–Crippen LogP) is 2.46. The Balaban J connectivity index is 2.00. The number of aliphatic imine (C=N–C) groups is 2. The molecule has 0 amide bonds. The van der Waals surface area contributed by atoms with Crippen LogP contribution in [-0.4, -0.2) is 35.0 Å². The van der Waals surface area contributed by atoms with Gasteiger partial charge in [0, 0.05) is 23.8 Å². The molecular weight excluding hydrogens is 332 g/mol. The van der Waals surface area contributed by atoms with Gasteiger partial charge in [-0.3, -0.25) is 0 Å². The molecule has 0 saturated carbocycles. The Morgan fingerprint density at radius 1 is 1.22 bits per heavy atom. The Morgan fingerprint density at radius 2 is 1.91 bits per heavy atom. The molecule has 1 aromatic carbocycles. The lowest BCUT2D eigenvalue weighted by atomic mass is 10.1. The molecule has 0 spiro atoms. The lowest BCUT2D eigenvalue weighted by molar-refractivity contribution is 0.339. The number of piperidine rings is 1. The number of likely N-dealkylation sites (tertiary alicyclic amines) is 1. The lowest BCUT2D eigenvalue weighted by Gasteiger charge is -2.27. The highest BCUT2D eigenvalue weighted by molar-refractivity contribution is 7.80. The van der Waals surface area contributed by atoms with Crippen molar-refractivity contribution in [1.29, 1.82) is 0 Å². The van der Waals surface area contributed by atoms with Crippen molar-refractivity contribution in [2.45, 2.75) is 26.2 Å². The van der Waals surface area contributed by atoms with Gasteiger partial charge >= 0.3 is 0 Å². The third-order valence-electron chi connectivity index (χ3n) is 3.56. The zero-order valence-electron chi connectivity index (χ0n) is 13.1. The molecule has 1 aromatic rings. The number of anilines is 1. The summed E-state index contributed by atoms with van der Waals surface area (Å²) in [5, 5.41) is 3.90. The molecule has 0 unspecified atom stereocenters. The van der Waals surface area contributed by atoms with Crippen LogP contribution in [0.1, 0.15) is 24.8 Å². The number of nitrogens with two attached hydrogens (primary N) is 2. The van der Waals surface area contributed by atoms with E-state index in [1.54, 1.807) is 6.07 Å². The van der Waals surface area contributed by atoms with Crippen LogP contribution in [-0.2, 0) is 0 Å². The Bertz CT molecular complexity index is 637. The number of aryl methyl sites for hydroxylation is 1. The van der Waals surface area contributed by atoms with Crippen LogP contribution in [0.25, 0.3) is 0 Å². The molecule has 0 atom stereocenters. The van der Waals surface area contributed by atoms with Gasteiger partial charge in [-0.15, -0.1) is 0 Å². The van der Waals surface area contributed by atoms with E-state index in [1.165, 1.54) is 6.42 Å². The van der Waals surface area contributed by atoms with Gasteiger partial charge in [0.1, 0.15) is 0 Å². The second kappa shape index (κ2) is 8.12. The summed E-state index contributed by atoms with van der Waals surface area (Å²) in [5.74, 6) is 0.425. The molecule has 0 radical (unpaired) electrons. The van der Waals surface area contributed by atoms with Gasteiger partial charge in [-0.2, -0.15) is 9.98 Å². The molecule has 0 aliphatic carbocycles. The molecule has 0 aromatic heterocycles. The molecule has 2 rings (SSSR count). The predicted molar refractivity (Wildman–Crippen MR) is 101 cm³/mol. The third kappa shape index (κ3) is 5.37. The van der Waals surface area contributed by atoms with Crippen LogP contribution < -0.4 is 16.8 Å². The maximum absolute atomic E-state index is 5.96. The van der Waals surface area contributed by atoms with Crippen molar-refractivity contribution in [3.63, 3.8) is 0 Å². The second-order valence-corrected chi connectivity index (χ2v) is 6.20. The van der Waals surface area contributed by atoms with Crippen LogP contribution in [0.15, 0.2) is 28.2 Å². The fourth-order valence-corrected chi connectivity index (χ4v) is 2.78. The minimum absolute atomic E-state index is 0.0391. The highest BCUT2D eigenvalue weighted by Crippen LogP contribution is 2.19. The van der Waals surface area contributed by atoms with E-state index in [1.807, 2.05) is 24.0 Å². The van der Waals surface area contributed by atoms with Gasteiger partial charge in [0.15, 0.2) is 5.96 Å². The topological polar surface area (TPSA) is 92.0 Å². The molecule has 1 aliphatic rings. The van der Waals surface area contributed by atoms with E-state index in [2.05, 4.69) is 15.3 Å². The van der Waals surface area contributed by atoms with Crippen LogP contribution in [0.5, 0.6) is 0 Å². The maximum atomic E-state index is 5.96. The number of halogens is 1. The van der Waals surface area contributed by atoms with Crippen molar-refractivity contribution in [3.05, 3.63) is 28.8 Å². The molecule has 1 saturated heterocycles. The Labute approximate surface area is 146 Å². The Morgan fingerprint density at radius 3 is 2.57 bits per heavy atom. The highest BCUT2D eigenvalue weighted by atomic mass is 35.5.